The minimum absolute atomic E-state index is 0.00675. The van der Waals surface area contributed by atoms with Gasteiger partial charge in [0, 0.05) is 18.7 Å². The zero-order valence-corrected chi connectivity index (χ0v) is 15.2. The number of hydrogen-bond acceptors (Lipinski definition) is 3. The van der Waals surface area contributed by atoms with Crippen LogP contribution in [0.3, 0.4) is 0 Å². The van der Waals surface area contributed by atoms with Gasteiger partial charge in [-0.2, -0.15) is 0 Å². The van der Waals surface area contributed by atoms with Crippen LogP contribution in [-0.4, -0.2) is 31.6 Å². The number of nitrogens with one attached hydrogen (secondary N) is 2. The monoisotopic (exact) mass is 353 g/mol. The van der Waals surface area contributed by atoms with Gasteiger partial charge in [-0.3, -0.25) is 4.79 Å². The lowest BCUT2D eigenvalue weighted by Gasteiger charge is -2.18. The minimum Gasteiger partial charge on any atom is -0.495 e. The third-order valence-corrected chi connectivity index (χ3v) is 4.41. The lowest BCUT2D eigenvalue weighted by atomic mass is 10.2. The van der Waals surface area contributed by atoms with Crippen LogP contribution in [0.4, 0.5) is 16.2 Å². The van der Waals surface area contributed by atoms with E-state index in [0.29, 0.717) is 18.0 Å². The number of methoxy groups -OCH3 is 1. The van der Waals surface area contributed by atoms with Crippen LogP contribution < -0.4 is 20.3 Å². The molecule has 136 valence electrons. The van der Waals surface area contributed by atoms with Crippen LogP contribution in [0.2, 0.25) is 0 Å². The molecule has 0 spiro atoms. The Bertz CT molecular complexity index is 818. The highest BCUT2D eigenvalue weighted by Crippen LogP contribution is 2.25. The number of amides is 3. The van der Waals surface area contributed by atoms with Crippen LogP contribution in [0.25, 0.3) is 0 Å². The van der Waals surface area contributed by atoms with E-state index in [2.05, 4.69) is 10.6 Å². The maximum Gasteiger partial charge on any atom is 0.319 e. The predicted molar refractivity (Wildman–Crippen MR) is 102 cm³/mol. The molecule has 6 nitrogen and oxygen atoms in total. The third kappa shape index (κ3) is 3.96. The van der Waals surface area contributed by atoms with Crippen molar-refractivity contribution in [1.82, 2.24) is 5.32 Å². The molecule has 1 aliphatic heterocycles. The van der Waals surface area contributed by atoms with Gasteiger partial charge in [-0.05, 0) is 43.7 Å². The number of nitrogens with zero attached hydrogens (tertiary/aromatic N) is 1. The number of carbonyl (C=O) groups excluding carboxylic acids is 2. The van der Waals surface area contributed by atoms with Gasteiger partial charge in [0.15, 0.2) is 0 Å². The second-order valence-electron chi connectivity index (χ2n) is 6.54. The highest BCUT2D eigenvalue weighted by atomic mass is 16.5. The molecule has 2 aromatic carbocycles. The van der Waals surface area contributed by atoms with Crippen molar-refractivity contribution in [2.45, 2.75) is 26.3 Å². The van der Waals surface area contributed by atoms with Gasteiger partial charge < -0.3 is 20.3 Å². The van der Waals surface area contributed by atoms with Gasteiger partial charge in [-0.25, -0.2) is 4.79 Å². The summed E-state index contributed by atoms with van der Waals surface area (Å²) < 4.78 is 5.27. The Balaban J connectivity index is 1.63. The topological polar surface area (TPSA) is 70.7 Å². The first-order valence-electron chi connectivity index (χ1n) is 8.55. The molecule has 0 bridgehead atoms. The van der Waals surface area contributed by atoms with Crippen LogP contribution in [0.5, 0.6) is 5.75 Å². The van der Waals surface area contributed by atoms with E-state index in [-0.39, 0.29) is 24.4 Å². The van der Waals surface area contributed by atoms with E-state index in [0.717, 1.165) is 16.8 Å². The Hall–Kier alpha value is -3.02. The Morgan fingerprint density at radius 3 is 2.50 bits per heavy atom. The molecule has 1 aliphatic rings. The maximum atomic E-state index is 12.3. The molecule has 1 saturated heterocycles. The van der Waals surface area contributed by atoms with E-state index in [1.807, 2.05) is 56.3 Å². The number of aryl methyl sites for hydroxylation is 2. The van der Waals surface area contributed by atoms with Crippen LogP contribution >= 0.6 is 0 Å². The second-order valence-corrected chi connectivity index (χ2v) is 6.54. The zero-order valence-electron chi connectivity index (χ0n) is 15.2. The van der Waals surface area contributed by atoms with E-state index < -0.39 is 0 Å². The summed E-state index contributed by atoms with van der Waals surface area (Å²) in [4.78, 5) is 26.3. The molecule has 6 heteroatoms. The highest BCUT2D eigenvalue weighted by Gasteiger charge is 2.31. The van der Waals surface area contributed by atoms with Crippen LogP contribution in [0.15, 0.2) is 42.5 Å². The van der Waals surface area contributed by atoms with E-state index in [1.165, 1.54) is 0 Å². The van der Waals surface area contributed by atoms with Crippen LogP contribution in [0.1, 0.15) is 17.5 Å². The smallest absolute Gasteiger partial charge is 0.319 e. The maximum absolute atomic E-state index is 12.3. The molecular formula is C20H23N3O3. The lowest BCUT2D eigenvalue weighted by molar-refractivity contribution is -0.117. The average molecular weight is 353 g/mol. The van der Waals surface area contributed by atoms with E-state index in [1.54, 1.807) is 12.0 Å². The number of rotatable bonds is 4. The van der Waals surface area contributed by atoms with Gasteiger partial charge in [0.1, 0.15) is 5.75 Å². The quantitative estimate of drug-likeness (QED) is 0.886. The molecular weight excluding hydrogens is 330 g/mol. The normalized spacial score (nSPS) is 16.5. The van der Waals surface area contributed by atoms with Crippen LogP contribution in [0, 0.1) is 13.8 Å². The molecule has 3 amide bonds. The number of ether oxygens (including phenoxy) is 1. The molecule has 2 aromatic rings. The number of urea groups is 1. The molecule has 26 heavy (non-hydrogen) atoms. The van der Waals surface area contributed by atoms with Crippen molar-refractivity contribution in [3.8, 4) is 5.75 Å². The number of carbonyl (C=O) groups is 2. The summed E-state index contributed by atoms with van der Waals surface area (Å²) in [6, 6.07) is 12.8. The summed E-state index contributed by atoms with van der Waals surface area (Å²) in [5, 5.41) is 5.67. The van der Waals surface area contributed by atoms with Gasteiger partial charge in [-0.1, -0.05) is 23.8 Å². The van der Waals surface area contributed by atoms with Gasteiger partial charge in [0.2, 0.25) is 5.91 Å². The Labute approximate surface area is 153 Å². The summed E-state index contributed by atoms with van der Waals surface area (Å²) in [6.45, 7) is 4.40. The van der Waals surface area contributed by atoms with Crippen molar-refractivity contribution in [3.05, 3.63) is 53.6 Å². The van der Waals surface area contributed by atoms with Crippen LogP contribution in [-0.2, 0) is 4.79 Å². The third-order valence-electron chi connectivity index (χ3n) is 4.41. The Morgan fingerprint density at radius 1 is 1.12 bits per heavy atom. The van der Waals surface area contributed by atoms with E-state index >= 15 is 0 Å². The van der Waals surface area contributed by atoms with Crippen molar-refractivity contribution in [2.75, 3.05) is 23.9 Å². The minimum atomic E-state index is -0.350. The fourth-order valence-electron chi connectivity index (χ4n) is 3.04. The molecule has 0 aromatic heterocycles. The first-order chi connectivity index (χ1) is 12.5. The molecule has 1 atom stereocenters. The Morgan fingerprint density at radius 2 is 1.81 bits per heavy atom. The second kappa shape index (κ2) is 7.47. The number of benzene rings is 2. The molecule has 1 fully saturated rings. The first kappa shape index (κ1) is 17.8. The summed E-state index contributed by atoms with van der Waals surface area (Å²) in [6.07, 6.45) is 0.284. The Kier molecular flexibility index (Phi) is 5.11. The fourth-order valence-corrected chi connectivity index (χ4v) is 3.04. The summed E-state index contributed by atoms with van der Waals surface area (Å²) >= 11 is 0. The zero-order chi connectivity index (χ0) is 18.7. The number of hydrogen-bond donors (Lipinski definition) is 2. The average Bonchev–Trinajstić information content (AvgIpc) is 2.96. The van der Waals surface area contributed by atoms with Gasteiger partial charge in [-0.15, -0.1) is 0 Å². The molecule has 0 radical (unpaired) electrons. The van der Waals surface area contributed by atoms with Gasteiger partial charge in [0.25, 0.3) is 0 Å². The van der Waals surface area contributed by atoms with E-state index in [9.17, 15) is 9.59 Å². The van der Waals surface area contributed by atoms with Crippen molar-refractivity contribution in [3.63, 3.8) is 0 Å². The van der Waals surface area contributed by atoms with Crippen molar-refractivity contribution >= 4 is 23.3 Å². The largest absolute Gasteiger partial charge is 0.495 e. The fraction of sp³-hybridized carbons (Fsp3) is 0.300. The molecule has 0 saturated carbocycles. The van der Waals surface area contributed by atoms with E-state index in [4.69, 9.17) is 4.74 Å². The molecule has 1 unspecified atom stereocenters. The molecule has 2 N–H and O–H groups in total. The predicted octanol–water partition coefficient (Wildman–Crippen LogP) is 3.24. The first-order valence-corrected chi connectivity index (χ1v) is 8.55. The molecule has 1 heterocycles. The standard InChI is InChI=1S/C20H23N3O3/c1-13-4-7-16(8-5-13)23-12-15(11-19(23)24)21-20(25)22-17-10-14(2)6-9-18(17)26-3/h4-10,15H,11-12H2,1-3H3,(H2,21,22,25). The van der Waals surface area contributed by atoms with Crippen molar-refractivity contribution in [2.24, 2.45) is 0 Å². The SMILES string of the molecule is COc1ccc(C)cc1NC(=O)NC1CC(=O)N(c2ccc(C)cc2)C1. The summed E-state index contributed by atoms with van der Waals surface area (Å²) in [5.41, 5.74) is 3.61. The highest BCUT2D eigenvalue weighted by molar-refractivity contribution is 5.98. The number of anilines is 2. The van der Waals surface area contributed by atoms with Crippen molar-refractivity contribution < 1.29 is 14.3 Å². The van der Waals surface area contributed by atoms with Gasteiger partial charge in [0.05, 0.1) is 18.8 Å². The summed E-state index contributed by atoms with van der Waals surface area (Å²) in [7, 11) is 1.56. The van der Waals surface area contributed by atoms with Gasteiger partial charge >= 0.3 is 6.03 Å². The molecule has 0 aliphatic carbocycles. The molecule has 3 rings (SSSR count). The summed E-state index contributed by atoms with van der Waals surface area (Å²) in [5.74, 6) is 0.599. The lowest BCUT2D eigenvalue weighted by Crippen LogP contribution is -2.39. The van der Waals surface area contributed by atoms with Crippen molar-refractivity contribution in [1.29, 1.82) is 0 Å².